The Bertz CT molecular complexity index is 850. The van der Waals surface area contributed by atoms with E-state index in [4.69, 9.17) is 0 Å². The summed E-state index contributed by atoms with van der Waals surface area (Å²) in [6.07, 6.45) is 0.965. The van der Waals surface area contributed by atoms with Gasteiger partial charge in [0, 0.05) is 42.7 Å². The molecule has 2 aromatic rings. The SMILES string of the molecule is CC(C)(C)c1ccc(N2CC(Cn3nc4c(cc3=O)CSCC4)C2)nn1. The molecular weight excluding hydrogens is 346 g/mol. The van der Waals surface area contributed by atoms with Gasteiger partial charge in [-0.2, -0.15) is 22.0 Å². The molecule has 2 aliphatic rings. The zero-order valence-electron chi connectivity index (χ0n) is 15.6. The zero-order valence-corrected chi connectivity index (χ0v) is 16.4. The molecule has 0 aliphatic carbocycles. The predicted octanol–water partition coefficient (Wildman–Crippen LogP) is 2.26. The van der Waals surface area contributed by atoms with Crippen molar-refractivity contribution in [3.63, 3.8) is 0 Å². The molecule has 0 aromatic carbocycles. The number of anilines is 1. The molecule has 0 saturated carbocycles. The van der Waals surface area contributed by atoms with Crippen LogP contribution >= 0.6 is 11.8 Å². The van der Waals surface area contributed by atoms with Crippen LogP contribution in [0, 0.1) is 5.92 Å². The van der Waals surface area contributed by atoms with Gasteiger partial charge in [0.15, 0.2) is 5.82 Å². The highest BCUT2D eigenvalue weighted by molar-refractivity contribution is 7.98. The molecule has 0 N–H and O–H groups in total. The van der Waals surface area contributed by atoms with E-state index in [0.29, 0.717) is 12.5 Å². The Hall–Kier alpha value is -1.89. The van der Waals surface area contributed by atoms with Crippen LogP contribution in [0.4, 0.5) is 5.82 Å². The van der Waals surface area contributed by atoms with Crippen molar-refractivity contribution < 1.29 is 0 Å². The average Bonchev–Trinajstić information content (AvgIpc) is 2.57. The van der Waals surface area contributed by atoms with E-state index in [1.807, 2.05) is 17.8 Å². The van der Waals surface area contributed by atoms with Gasteiger partial charge in [-0.05, 0) is 23.4 Å². The van der Waals surface area contributed by atoms with Gasteiger partial charge in [0.25, 0.3) is 5.56 Å². The lowest BCUT2D eigenvalue weighted by atomic mass is 9.92. The molecule has 0 bridgehead atoms. The van der Waals surface area contributed by atoms with E-state index in [9.17, 15) is 4.79 Å². The number of fused-ring (bicyclic) bond motifs is 1. The first kappa shape index (κ1) is 17.5. The Labute approximate surface area is 158 Å². The lowest BCUT2D eigenvalue weighted by Crippen LogP contribution is -2.50. The minimum absolute atomic E-state index is 0.0147. The van der Waals surface area contributed by atoms with E-state index in [0.717, 1.165) is 53.8 Å². The van der Waals surface area contributed by atoms with Crippen LogP contribution in [0.1, 0.15) is 37.7 Å². The summed E-state index contributed by atoms with van der Waals surface area (Å²) in [5, 5.41) is 13.4. The van der Waals surface area contributed by atoms with Gasteiger partial charge in [-0.25, -0.2) is 4.68 Å². The van der Waals surface area contributed by atoms with Crippen LogP contribution in [-0.2, 0) is 24.1 Å². The van der Waals surface area contributed by atoms with Crippen LogP contribution in [0.5, 0.6) is 0 Å². The number of thioether (sulfide) groups is 1. The molecular formula is C19H25N5OS. The third-order valence-corrected chi connectivity index (χ3v) is 6.04. The van der Waals surface area contributed by atoms with Crippen LogP contribution < -0.4 is 10.5 Å². The van der Waals surface area contributed by atoms with Crippen LogP contribution in [0.25, 0.3) is 0 Å². The van der Waals surface area contributed by atoms with Crippen LogP contribution in [0.15, 0.2) is 23.0 Å². The van der Waals surface area contributed by atoms with E-state index in [-0.39, 0.29) is 11.0 Å². The number of rotatable bonds is 3. The summed E-state index contributed by atoms with van der Waals surface area (Å²) in [4.78, 5) is 14.5. The maximum absolute atomic E-state index is 12.3. The highest BCUT2D eigenvalue weighted by Crippen LogP contribution is 2.26. The van der Waals surface area contributed by atoms with Crippen molar-refractivity contribution in [2.24, 2.45) is 5.92 Å². The van der Waals surface area contributed by atoms with E-state index < -0.39 is 0 Å². The third-order valence-electron chi connectivity index (χ3n) is 5.04. The smallest absolute Gasteiger partial charge is 0.267 e. The summed E-state index contributed by atoms with van der Waals surface area (Å²) >= 11 is 1.87. The van der Waals surface area contributed by atoms with Crippen molar-refractivity contribution in [1.29, 1.82) is 0 Å². The lowest BCUT2D eigenvalue weighted by Gasteiger charge is -2.40. The Balaban J connectivity index is 1.39. The average molecular weight is 372 g/mol. The van der Waals surface area contributed by atoms with E-state index >= 15 is 0 Å². The predicted molar refractivity (Wildman–Crippen MR) is 105 cm³/mol. The van der Waals surface area contributed by atoms with Gasteiger partial charge < -0.3 is 4.90 Å². The third kappa shape index (κ3) is 3.49. The maximum atomic E-state index is 12.3. The summed E-state index contributed by atoms with van der Waals surface area (Å²) in [6.45, 7) is 8.88. The molecule has 2 aromatic heterocycles. The van der Waals surface area contributed by atoms with Crippen LogP contribution in [-0.4, -0.2) is 38.8 Å². The normalized spacial score (nSPS) is 17.7. The minimum Gasteiger partial charge on any atom is -0.354 e. The Morgan fingerprint density at radius 1 is 1.23 bits per heavy atom. The van der Waals surface area contributed by atoms with Crippen molar-refractivity contribution in [2.45, 2.75) is 44.9 Å². The number of aryl methyl sites for hydroxylation is 1. The van der Waals surface area contributed by atoms with Crippen molar-refractivity contribution in [3.8, 4) is 0 Å². The lowest BCUT2D eigenvalue weighted by molar-refractivity contribution is 0.330. The molecule has 138 valence electrons. The Kier molecular flexibility index (Phi) is 4.50. The summed E-state index contributed by atoms with van der Waals surface area (Å²) < 4.78 is 1.66. The van der Waals surface area contributed by atoms with E-state index in [1.54, 1.807) is 10.7 Å². The summed E-state index contributed by atoms with van der Waals surface area (Å²) in [5.74, 6) is 3.36. The molecule has 26 heavy (non-hydrogen) atoms. The molecule has 0 atom stereocenters. The second kappa shape index (κ2) is 6.68. The van der Waals surface area contributed by atoms with Gasteiger partial charge >= 0.3 is 0 Å². The van der Waals surface area contributed by atoms with Crippen LogP contribution in [0.3, 0.4) is 0 Å². The summed E-state index contributed by atoms with van der Waals surface area (Å²) in [7, 11) is 0. The van der Waals surface area contributed by atoms with Gasteiger partial charge in [-0.15, -0.1) is 5.10 Å². The highest BCUT2D eigenvalue weighted by atomic mass is 32.2. The molecule has 1 saturated heterocycles. The molecule has 7 heteroatoms. The molecule has 4 rings (SSSR count). The van der Waals surface area contributed by atoms with Gasteiger partial charge in [-0.3, -0.25) is 4.79 Å². The fourth-order valence-electron chi connectivity index (χ4n) is 3.39. The molecule has 0 amide bonds. The first-order valence-corrected chi connectivity index (χ1v) is 10.3. The first-order chi connectivity index (χ1) is 12.4. The number of aromatic nitrogens is 4. The topological polar surface area (TPSA) is 63.9 Å². The number of nitrogens with zero attached hydrogens (tertiary/aromatic N) is 5. The molecule has 6 nitrogen and oxygen atoms in total. The van der Waals surface area contributed by atoms with Gasteiger partial charge in [0.2, 0.25) is 0 Å². The van der Waals surface area contributed by atoms with Crippen molar-refractivity contribution in [1.82, 2.24) is 20.0 Å². The largest absolute Gasteiger partial charge is 0.354 e. The summed E-state index contributed by atoms with van der Waals surface area (Å²) in [6, 6.07) is 5.88. The molecule has 0 radical (unpaired) electrons. The second-order valence-corrected chi connectivity index (χ2v) is 9.34. The van der Waals surface area contributed by atoms with Crippen LogP contribution in [0.2, 0.25) is 0 Å². The van der Waals surface area contributed by atoms with E-state index in [2.05, 4.69) is 47.0 Å². The molecule has 1 fully saturated rings. The Morgan fingerprint density at radius 3 is 2.73 bits per heavy atom. The zero-order chi connectivity index (χ0) is 18.3. The molecule has 0 unspecified atom stereocenters. The quantitative estimate of drug-likeness (QED) is 0.825. The number of hydrogen-bond donors (Lipinski definition) is 0. The van der Waals surface area contributed by atoms with Gasteiger partial charge in [0.1, 0.15) is 0 Å². The first-order valence-electron chi connectivity index (χ1n) is 9.17. The van der Waals surface area contributed by atoms with Gasteiger partial charge in [0.05, 0.1) is 17.9 Å². The highest BCUT2D eigenvalue weighted by Gasteiger charge is 2.29. The standard InChI is InChI=1S/C19H25N5OS/c1-19(2,3)16-4-5-17(21-20-16)23-9-13(10-23)11-24-18(25)8-14-12-26-7-6-15(14)22-24/h4-5,8,13H,6-7,9-12H2,1-3H3. The molecule has 0 spiro atoms. The van der Waals surface area contributed by atoms with Crippen molar-refractivity contribution >= 4 is 17.6 Å². The van der Waals surface area contributed by atoms with Gasteiger partial charge in [-0.1, -0.05) is 20.8 Å². The Morgan fingerprint density at radius 2 is 2.04 bits per heavy atom. The molecule has 2 aliphatic heterocycles. The van der Waals surface area contributed by atoms with Crippen molar-refractivity contribution in [2.75, 3.05) is 23.7 Å². The summed E-state index contributed by atoms with van der Waals surface area (Å²) in [5.41, 5.74) is 3.26. The molecule has 4 heterocycles. The maximum Gasteiger partial charge on any atom is 0.267 e. The second-order valence-electron chi connectivity index (χ2n) is 8.24. The fraction of sp³-hybridized carbons (Fsp3) is 0.579. The van der Waals surface area contributed by atoms with Crippen molar-refractivity contribution in [3.05, 3.63) is 45.5 Å². The fourth-order valence-corrected chi connectivity index (χ4v) is 4.35. The monoisotopic (exact) mass is 371 g/mol. The minimum atomic E-state index is 0.0147. The number of hydrogen-bond acceptors (Lipinski definition) is 6. The van der Waals surface area contributed by atoms with E-state index in [1.165, 1.54) is 0 Å².